The molecule has 3 aliphatic heterocycles. The number of rotatable bonds is 5. The van der Waals surface area contributed by atoms with E-state index in [1.165, 1.54) is 6.92 Å². The highest BCUT2D eigenvalue weighted by Crippen LogP contribution is 2.32. The first-order valence-electron chi connectivity index (χ1n) is 9.32. The van der Waals surface area contributed by atoms with Crippen LogP contribution in [-0.2, 0) is 0 Å². The van der Waals surface area contributed by atoms with Gasteiger partial charge >= 0.3 is 0 Å². The molecule has 2 bridgehead atoms. The summed E-state index contributed by atoms with van der Waals surface area (Å²) in [5.74, 6) is 1.49. The molecule has 0 radical (unpaired) electrons. The zero-order chi connectivity index (χ0) is 19.0. The van der Waals surface area contributed by atoms with Gasteiger partial charge in [-0.1, -0.05) is 0 Å². The Morgan fingerprint density at radius 1 is 1.22 bits per heavy atom. The lowest BCUT2D eigenvalue weighted by Gasteiger charge is -2.49. The number of aromatic nitrogens is 1. The number of nitrogens with one attached hydrogen (secondary N) is 1. The maximum atomic E-state index is 12.7. The summed E-state index contributed by atoms with van der Waals surface area (Å²) in [5, 5.41) is 3.23. The number of fused-ring (bicyclic) bond motifs is 3. The quantitative estimate of drug-likeness (QED) is 0.799. The average Bonchev–Trinajstić information content (AvgIpc) is 3.14. The van der Waals surface area contributed by atoms with Gasteiger partial charge in [-0.15, -0.1) is 0 Å². The van der Waals surface area contributed by atoms with E-state index >= 15 is 0 Å². The van der Waals surface area contributed by atoms with Crippen molar-refractivity contribution in [3.8, 4) is 11.6 Å². The molecule has 4 heterocycles. The molecule has 2 aromatic rings. The van der Waals surface area contributed by atoms with Gasteiger partial charge in [-0.05, 0) is 74.6 Å². The van der Waals surface area contributed by atoms with E-state index in [2.05, 4.69) is 21.5 Å². The van der Waals surface area contributed by atoms with Crippen molar-refractivity contribution in [2.24, 2.45) is 5.92 Å². The standard InChI is InChI=1S/C20H23N3O3S/c1-12-19(14-7-9-23(12)10-8-14)21-20(25)15-3-5-16(6-4-15)26-18-11-17(13(2)24)27-22-18/h3-6,11-12,14,19H,7-10H2,1-2H3,(H,21,25). The first kappa shape index (κ1) is 18.1. The predicted molar refractivity (Wildman–Crippen MR) is 104 cm³/mol. The number of piperidine rings is 3. The smallest absolute Gasteiger partial charge is 0.251 e. The Kier molecular flexibility index (Phi) is 4.97. The first-order chi connectivity index (χ1) is 13.0. The molecule has 2 unspecified atom stereocenters. The summed E-state index contributed by atoms with van der Waals surface area (Å²) >= 11 is 1.12. The molecule has 1 aromatic heterocycles. The lowest BCUT2D eigenvalue weighted by Crippen LogP contribution is -2.62. The van der Waals surface area contributed by atoms with Crippen molar-refractivity contribution in [1.29, 1.82) is 0 Å². The minimum absolute atomic E-state index is 0.0312. The van der Waals surface area contributed by atoms with E-state index in [1.807, 2.05) is 0 Å². The zero-order valence-electron chi connectivity index (χ0n) is 15.5. The summed E-state index contributed by atoms with van der Waals surface area (Å²) in [4.78, 5) is 27.0. The fraction of sp³-hybridized carbons (Fsp3) is 0.450. The average molecular weight is 385 g/mol. The highest BCUT2D eigenvalue weighted by Gasteiger charge is 2.40. The monoisotopic (exact) mass is 385 g/mol. The first-order valence-corrected chi connectivity index (χ1v) is 10.1. The second-order valence-electron chi connectivity index (χ2n) is 7.33. The molecule has 0 aliphatic carbocycles. The number of hydrogen-bond acceptors (Lipinski definition) is 6. The highest BCUT2D eigenvalue weighted by molar-refractivity contribution is 7.08. The van der Waals surface area contributed by atoms with Gasteiger partial charge in [0.1, 0.15) is 5.75 Å². The van der Waals surface area contributed by atoms with Crippen molar-refractivity contribution in [1.82, 2.24) is 14.6 Å². The van der Waals surface area contributed by atoms with Crippen LogP contribution < -0.4 is 10.1 Å². The van der Waals surface area contributed by atoms with E-state index in [1.54, 1.807) is 30.3 Å². The van der Waals surface area contributed by atoms with Crippen molar-refractivity contribution in [3.63, 3.8) is 0 Å². The number of benzene rings is 1. The van der Waals surface area contributed by atoms with E-state index in [-0.39, 0.29) is 17.7 Å². The van der Waals surface area contributed by atoms with Crippen LogP contribution in [0.15, 0.2) is 30.3 Å². The number of nitrogens with zero attached hydrogens (tertiary/aromatic N) is 2. The van der Waals surface area contributed by atoms with Gasteiger partial charge in [0.2, 0.25) is 5.88 Å². The Bertz CT molecular complexity index is 838. The number of hydrogen-bond donors (Lipinski definition) is 1. The van der Waals surface area contributed by atoms with Gasteiger partial charge in [0.15, 0.2) is 5.78 Å². The third-order valence-electron chi connectivity index (χ3n) is 5.65. The predicted octanol–water partition coefficient (Wildman–Crippen LogP) is 3.35. The zero-order valence-corrected chi connectivity index (χ0v) is 16.3. The number of ether oxygens (including phenoxy) is 1. The summed E-state index contributed by atoms with van der Waals surface area (Å²) in [7, 11) is 0. The van der Waals surface area contributed by atoms with Crippen LogP contribution in [0.3, 0.4) is 0 Å². The van der Waals surface area contributed by atoms with E-state index < -0.39 is 0 Å². The molecule has 3 fully saturated rings. The molecule has 0 spiro atoms. The van der Waals surface area contributed by atoms with E-state index in [4.69, 9.17) is 4.74 Å². The lowest BCUT2D eigenvalue weighted by molar-refractivity contribution is 0.0217. The molecule has 1 N–H and O–H groups in total. The molecule has 3 aliphatic rings. The fourth-order valence-electron chi connectivity index (χ4n) is 4.05. The topological polar surface area (TPSA) is 71.5 Å². The minimum atomic E-state index is -0.0420. The Hall–Kier alpha value is -2.25. The van der Waals surface area contributed by atoms with Gasteiger partial charge in [-0.2, -0.15) is 4.37 Å². The maximum absolute atomic E-state index is 12.7. The van der Waals surface area contributed by atoms with Gasteiger partial charge in [-0.3, -0.25) is 14.5 Å². The normalized spacial score (nSPS) is 26.6. The van der Waals surface area contributed by atoms with Gasteiger partial charge in [0.05, 0.1) is 4.88 Å². The number of amides is 1. The molecule has 7 heteroatoms. The second kappa shape index (κ2) is 7.40. The van der Waals surface area contributed by atoms with Crippen LogP contribution in [0.25, 0.3) is 0 Å². The van der Waals surface area contributed by atoms with Gasteiger partial charge in [0.25, 0.3) is 5.91 Å². The molecule has 6 nitrogen and oxygen atoms in total. The molecule has 5 rings (SSSR count). The molecular weight excluding hydrogens is 362 g/mol. The molecule has 3 saturated heterocycles. The van der Waals surface area contributed by atoms with Gasteiger partial charge < -0.3 is 10.1 Å². The van der Waals surface area contributed by atoms with Crippen LogP contribution in [0.2, 0.25) is 0 Å². The number of carbonyl (C=O) groups is 2. The third-order valence-corrected chi connectivity index (χ3v) is 6.52. The van der Waals surface area contributed by atoms with Crippen LogP contribution in [0, 0.1) is 5.92 Å². The minimum Gasteiger partial charge on any atom is -0.438 e. The number of carbonyl (C=O) groups excluding carboxylic acids is 2. The summed E-state index contributed by atoms with van der Waals surface area (Å²) < 4.78 is 9.77. The maximum Gasteiger partial charge on any atom is 0.251 e. The van der Waals surface area contributed by atoms with Crippen molar-refractivity contribution in [2.45, 2.75) is 38.8 Å². The fourth-order valence-corrected chi connectivity index (χ4v) is 4.61. The second-order valence-corrected chi connectivity index (χ2v) is 8.13. The van der Waals surface area contributed by atoms with Crippen LogP contribution in [0.5, 0.6) is 11.6 Å². The van der Waals surface area contributed by atoms with E-state index in [9.17, 15) is 9.59 Å². The third kappa shape index (κ3) is 3.75. The van der Waals surface area contributed by atoms with Crippen molar-refractivity contribution in [2.75, 3.05) is 13.1 Å². The largest absolute Gasteiger partial charge is 0.438 e. The number of Topliss-reactive ketones (excluding diaryl/α,β-unsaturated/α-hetero) is 1. The van der Waals surface area contributed by atoms with Crippen molar-refractivity contribution < 1.29 is 14.3 Å². The summed E-state index contributed by atoms with van der Waals surface area (Å²) in [6.07, 6.45) is 2.33. The number of ketones is 1. The molecule has 0 saturated carbocycles. The molecule has 1 aromatic carbocycles. The van der Waals surface area contributed by atoms with Crippen LogP contribution in [0.4, 0.5) is 0 Å². The van der Waals surface area contributed by atoms with E-state index in [0.717, 1.165) is 37.5 Å². The molecule has 2 atom stereocenters. The Morgan fingerprint density at radius 3 is 2.52 bits per heavy atom. The summed E-state index contributed by atoms with van der Waals surface area (Å²) in [6, 6.07) is 9.26. The molecule has 27 heavy (non-hydrogen) atoms. The Morgan fingerprint density at radius 2 is 1.93 bits per heavy atom. The highest BCUT2D eigenvalue weighted by atomic mass is 32.1. The summed E-state index contributed by atoms with van der Waals surface area (Å²) in [6.45, 7) is 6.00. The lowest BCUT2D eigenvalue weighted by atomic mass is 9.79. The Labute approximate surface area is 162 Å². The van der Waals surface area contributed by atoms with Crippen molar-refractivity contribution >= 4 is 23.2 Å². The SMILES string of the molecule is CC(=O)c1cc(Oc2ccc(C(=O)NC3C4CCN(CC4)C3C)cc2)ns1. The molecule has 1 amide bonds. The molecule has 142 valence electrons. The van der Waals surface area contributed by atoms with Gasteiger partial charge in [0, 0.05) is 30.6 Å². The van der Waals surface area contributed by atoms with Gasteiger partial charge in [-0.25, -0.2) is 0 Å². The van der Waals surface area contributed by atoms with Crippen molar-refractivity contribution in [3.05, 3.63) is 40.8 Å². The Balaban J connectivity index is 1.39. The van der Waals surface area contributed by atoms with E-state index in [0.29, 0.717) is 34.0 Å². The summed E-state index contributed by atoms with van der Waals surface area (Å²) in [5.41, 5.74) is 0.619. The van der Waals surface area contributed by atoms with Crippen LogP contribution >= 0.6 is 11.5 Å². The van der Waals surface area contributed by atoms with Crippen LogP contribution in [0.1, 0.15) is 46.7 Å². The van der Waals surface area contributed by atoms with Crippen LogP contribution in [-0.4, -0.2) is 46.1 Å². The molecular formula is C20H23N3O3S.